The summed E-state index contributed by atoms with van der Waals surface area (Å²) in [6.07, 6.45) is 1.34. The first kappa shape index (κ1) is 18.2. The molecule has 7 heteroatoms. The van der Waals surface area contributed by atoms with Gasteiger partial charge in [0.25, 0.3) is 0 Å². The molecule has 0 amide bonds. The van der Waals surface area contributed by atoms with Gasteiger partial charge in [0.15, 0.2) is 0 Å². The number of β-amino-alcohol motifs (C(OH)–C–C–N with tert-alkyl or cyclic N) is 1. The van der Waals surface area contributed by atoms with Crippen molar-refractivity contribution in [3.05, 3.63) is 58.6 Å². The van der Waals surface area contributed by atoms with E-state index in [0.29, 0.717) is 28.2 Å². The lowest BCUT2D eigenvalue weighted by Crippen LogP contribution is -2.39. The number of anilines is 1. The first-order chi connectivity index (χ1) is 13.1. The van der Waals surface area contributed by atoms with Gasteiger partial charge in [-0.2, -0.15) is 0 Å². The number of aromatic nitrogens is 3. The fraction of sp³-hybridized carbons (Fsp3) is 0.250. The van der Waals surface area contributed by atoms with E-state index < -0.39 is 0 Å². The van der Waals surface area contributed by atoms with E-state index in [1.54, 1.807) is 0 Å². The molecule has 5 nitrogen and oxygen atoms in total. The second-order valence-electron chi connectivity index (χ2n) is 6.56. The molecule has 0 spiro atoms. The Morgan fingerprint density at radius 3 is 2.04 bits per heavy atom. The van der Waals surface area contributed by atoms with Gasteiger partial charge < -0.3 is 10.0 Å². The van der Waals surface area contributed by atoms with E-state index in [0.717, 1.165) is 36.2 Å². The molecule has 0 aliphatic carbocycles. The van der Waals surface area contributed by atoms with Crippen molar-refractivity contribution in [1.29, 1.82) is 0 Å². The number of benzene rings is 2. The van der Waals surface area contributed by atoms with E-state index >= 15 is 0 Å². The van der Waals surface area contributed by atoms with Crippen LogP contribution in [-0.2, 0) is 0 Å². The van der Waals surface area contributed by atoms with Crippen LogP contribution < -0.4 is 4.90 Å². The molecule has 138 valence electrons. The van der Waals surface area contributed by atoms with Crippen LogP contribution in [0.25, 0.3) is 22.5 Å². The number of nitrogens with zero attached hydrogens (tertiary/aromatic N) is 4. The highest BCUT2D eigenvalue weighted by molar-refractivity contribution is 6.31. The summed E-state index contributed by atoms with van der Waals surface area (Å²) in [5, 5.41) is 20.1. The number of aliphatic hydroxyl groups is 1. The minimum atomic E-state index is -0.364. The SMILES string of the molecule is OC1CCCN(c2nnc(-c3ccc(Cl)cc3)c(-c3ccc(Cl)cc3)n2)C1. The third kappa shape index (κ3) is 4.05. The zero-order valence-electron chi connectivity index (χ0n) is 14.5. The number of aliphatic hydroxyl groups excluding tert-OH is 1. The first-order valence-corrected chi connectivity index (χ1v) is 9.55. The second kappa shape index (κ2) is 7.80. The maximum absolute atomic E-state index is 9.97. The summed E-state index contributed by atoms with van der Waals surface area (Å²) in [6.45, 7) is 1.32. The van der Waals surface area contributed by atoms with Gasteiger partial charge in [-0.25, -0.2) is 4.98 Å². The quantitative estimate of drug-likeness (QED) is 0.702. The Kier molecular flexibility index (Phi) is 5.25. The minimum absolute atomic E-state index is 0.364. The molecule has 1 unspecified atom stereocenters. The maximum atomic E-state index is 9.97. The van der Waals surface area contributed by atoms with E-state index in [1.807, 2.05) is 53.4 Å². The third-order valence-corrected chi connectivity index (χ3v) is 5.09. The van der Waals surface area contributed by atoms with Crippen LogP contribution in [0, 0.1) is 0 Å². The van der Waals surface area contributed by atoms with E-state index in [9.17, 15) is 5.11 Å². The predicted molar refractivity (Wildman–Crippen MR) is 108 cm³/mol. The monoisotopic (exact) mass is 400 g/mol. The highest BCUT2D eigenvalue weighted by atomic mass is 35.5. The van der Waals surface area contributed by atoms with Crippen molar-refractivity contribution >= 4 is 29.2 Å². The van der Waals surface area contributed by atoms with Crippen molar-refractivity contribution in [3.8, 4) is 22.5 Å². The van der Waals surface area contributed by atoms with Crippen molar-refractivity contribution in [2.45, 2.75) is 18.9 Å². The molecule has 1 aliphatic rings. The Morgan fingerprint density at radius 2 is 1.44 bits per heavy atom. The summed E-state index contributed by atoms with van der Waals surface area (Å²) < 4.78 is 0. The molecule has 1 fully saturated rings. The molecule has 1 aliphatic heterocycles. The normalized spacial score (nSPS) is 17.1. The Morgan fingerprint density at radius 1 is 0.852 bits per heavy atom. The highest BCUT2D eigenvalue weighted by Crippen LogP contribution is 2.31. The van der Waals surface area contributed by atoms with Crippen molar-refractivity contribution in [3.63, 3.8) is 0 Å². The number of piperidine rings is 1. The van der Waals surface area contributed by atoms with Gasteiger partial charge in [0.1, 0.15) is 11.4 Å². The van der Waals surface area contributed by atoms with Gasteiger partial charge in [-0.05, 0) is 37.1 Å². The predicted octanol–water partition coefficient (Wildman–Crippen LogP) is 4.47. The lowest BCUT2D eigenvalue weighted by molar-refractivity contribution is 0.153. The topological polar surface area (TPSA) is 62.1 Å². The Bertz CT molecular complexity index is 932. The zero-order valence-corrected chi connectivity index (χ0v) is 16.0. The molecule has 2 heterocycles. The Hall–Kier alpha value is -2.21. The Balaban J connectivity index is 1.80. The van der Waals surface area contributed by atoms with Crippen LogP contribution in [-0.4, -0.2) is 39.5 Å². The summed E-state index contributed by atoms with van der Waals surface area (Å²) in [5.74, 6) is 0.524. The van der Waals surface area contributed by atoms with Crippen LogP contribution in [0.3, 0.4) is 0 Å². The largest absolute Gasteiger partial charge is 0.391 e. The average Bonchev–Trinajstić information content (AvgIpc) is 2.69. The molecule has 0 radical (unpaired) electrons. The minimum Gasteiger partial charge on any atom is -0.391 e. The van der Waals surface area contributed by atoms with Crippen LogP contribution in [0.4, 0.5) is 5.95 Å². The van der Waals surface area contributed by atoms with E-state index in [1.165, 1.54) is 0 Å². The van der Waals surface area contributed by atoms with E-state index in [-0.39, 0.29) is 6.10 Å². The molecule has 0 bridgehead atoms. The van der Waals surface area contributed by atoms with Gasteiger partial charge >= 0.3 is 0 Å². The molecule has 1 saturated heterocycles. The second-order valence-corrected chi connectivity index (χ2v) is 7.44. The van der Waals surface area contributed by atoms with Gasteiger partial charge in [-0.3, -0.25) is 0 Å². The molecule has 2 aromatic carbocycles. The third-order valence-electron chi connectivity index (χ3n) is 4.59. The number of halogens is 2. The molecular formula is C20H18Cl2N4O. The van der Waals surface area contributed by atoms with E-state index in [2.05, 4.69) is 10.2 Å². The molecule has 1 N–H and O–H groups in total. The van der Waals surface area contributed by atoms with Crippen LogP contribution in [0.2, 0.25) is 10.0 Å². The van der Waals surface area contributed by atoms with Gasteiger partial charge in [0, 0.05) is 34.3 Å². The molecule has 27 heavy (non-hydrogen) atoms. The summed E-state index contributed by atoms with van der Waals surface area (Å²) in [6, 6.07) is 14.9. The number of hydrogen-bond donors (Lipinski definition) is 1. The molecule has 0 saturated carbocycles. The lowest BCUT2D eigenvalue weighted by atomic mass is 10.0. The molecule has 1 atom stereocenters. The van der Waals surface area contributed by atoms with E-state index in [4.69, 9.17) is 28.2 Å². The van der Waals surface area contributed by atoms with Gasteiger partial charge in [-0.15, -0.1) is 10.2 Å². The Labute approximate surface area is 167 Å². The summed E-state index contributed by atoms with van der Waals surface area (Å²) in [4.78, 5) is 6.77. The molecule has 4 rings (SSSR count). The van der Waals surface area contributed by atoms with Crippen molar-refractivity contribution in [2.75, 3.05) is 18.0 Å². The molecule has 1 aromatic heterocycles. The average molecular weight is 401 g/mol. The standard InChI is InChI=1S/C20H18Cl2N4O/c21-15-7-3-13(4-8-15)18-19(14-5-9-16(22)10-6-14)24-25-20(23-18)26-11-1-2-17(27)12-26/h3-10,17,27H,1-2,11-12H2. The van der Waals surface area contributed by atoms with Gasteiger partial charge in [0.2, 0.25) is 5.95 Å². The molecular weight excluding hydrogens is 383 g/mol. The number of rotatable bonds is 3. The molecule has 3 aromatic rings. The maximum Gasteiger partial charge on any atom is 0.246 e. The number of hydrogen-bond acceptors (Lipinski definition) is 5. The zero-order chi connectivity index (χ0) is 18.8. The summed E-state index contributed by atoms with van der Waals surface area (Å²) in [7, 11) is 0. The first-order valence-electron chi connectivity index (χ1n) is 8.80. The fourth-order valence-electron chi connectivity index (χ4n) is 3.20. The van der Waals surface area contributed by atoms with Crippen LogP contribution in [0.5, 0.6) is 0 Å². The summed E-state index contributed by atoms with van der Waals surface area (Å²) in [5.41, 5.74) is 3.18. The van der Waals surface area contributed by atoms with Crippen molar-refractivity contribution in [2.24, 2.45) is 0 Å². The van der Waals surface area contributed by atoms with Crippen LogP contribution in [0.1, 0.15) is 12.8 Å². The van der Waals surface area contributed by atoms with Crippen LogP contribution in [0.15, 0.2) is 48.5 Å². The van der Waals surface area contributed by atoms with Crippen LogP contribution >= 0.6 is 23.2 Å². The van der Waals surface area contributed by atoms with Gasteiger partial charge in [-0.1, -0.05) is 47.5 Å². The van der Waals surface area contributed by atoms with Crippen molar-refractivity contribution < 1.29 is 5.11 Å². The van der Waals surface area contributed by atoms with Crippen molar-refractivity contribution in [1.82, 2.24) is 15.2 Å². The lowest BCUT2D eigenvalue weighted by Gasteiger charge is -2.30. The summed E-state index contributed by atoms with van der Waals surface area (Å²) >= 11 is 12.1. The fourth-order valence-corrected chi connectivity index (χ4v) is 3.45. The van der Waals surface area contributed by atoms with Gasteiger partial charge in [0.05, 0.1) is 6.10 Å². The highest BCUT2D eigenvalue weighted by Gasteiger charge is 2.22. The smallest absolute Gasteiger partial charge is 0.246 e.